The lowest BCUT2D eigenvalue weighted by Crippen LogP contribution is -2.33. The van der Waals surface area contributed by atoms with Crippen molar-refractivity contribution in [2.24, 2.45) is 16.8 Å². The summed E-state index contributed by atoms with van der Waals surface area (Å²) in [4.78, 5) is 16.2. The van der Waals surface area contributed by atoms with Gasteiger partial charge >= 0.3 is 0 Å². The average Bonchev–Trinajstić information content (AvgIpc) is 2.44. The maximum Gasteiger partial charge on any atom is 0.288 e. The van der Waals surface area contributed by atoms with E-state index in [1.54, 1.807) is 0 Å². The molecule has 1 unspecified atom stereocenters. The van der Waals surface area contributed by atoms with Crippen LogP contribution in [0.1, 0.15) is 32.8 Å². The molecule has 0 spiro atoms. The van der Waals surface area contributed by atoms with Crippen molar-refractivity contribution in [1.29, 1.82) is 0 Å². The van der Waals surface area contributed by atoms with Crippen molar-refractivity contribution in [2.75, 3.05) is 11.9 Å². The first-order valence-corrected chi connectivity index (χ1v) is 6.63. The van der Waals surface area contributed by atoms with Gasteiger partial charge < -0.3 is 15.8 Å². The van der Waals surface area contributed by atoms with E-state index in [0.717, 1.165) is 6.42 Å². The third-order valence-electron chi connectivity index (χ3n) is 3.25. The molecule has 0 aromatic carbocycles. The second-order valence-corrected chi connectivity index (χ2v) is 5.40. The van der Waals surface area contributed by atoms with E-state index in [2.05, 4.69) is 24.0 Å². The number of nitrogens with two attached hydrogens (primary N) is 1. The Kier molecular flexibility index (Phi) is 5.45. The molecule has 0 amide bonds. The van der Waals surface area contributed by atoms with E-state index in [4.69, 9.17) is 10.9 Å². The number of oxime groups is 1. The van der Waals surface area contributed by atoms with Crippen LogP contribution in [0.25, 0.3) is 0 Å². The molecule has 0 aliphatic heterocycles. The van der Waals surface area contributed by atoms with Gasteiger partial charge in [-0.3, -0.25) is 10.1 Å². The maximum absolute atomic E-state index is 10.8. The molecule has 1 aromatic rings. The summed E-state index contributed by atoms with van der Waals surface area (Å²) in [6, 6.07) is 1.42. The summed E-state index contributed by atoms with van der Waals surface area (Å²) in [5, 5.41) is 22.6. The average molecular weight is 295 g/mol. The highest BCUT2D eigenvalue weighted by atomic mass is 16.6. The van der Waals surface area contributed by atoms with Gasteiger partial charge in [0.05, 0.1) is 10.5 Å². The lowest BCUT2D eigenvalue weighted by Gasteiger charge is -2.28. The minimum Gasteiger partial charge on any atom is -0.409 e. The number of pyridine rings is 1. The first-order chi connectivity index (χ1) is 9.77. The Morgan fingerprint density at radius 1 is 1.57 bits per heavy atom. The second kappa shape index (κ2) is 6.87. The largest absolute Gasteiger partial charge is 0.409 e. The van der Waals surface area contributed by atoms with Crippen molar-refractivity contribution < 1.29 is 10.1 Å². The highest BCUT2D eigenvalue weighted by Crippen LogP contribution is 2.24. The monoisotopic (exact) mass is 295 g/mol. The number of rotatable bonds is 6. The zero-order valence-corrected chi connectivity index (χ0v) is 12.6. The number of hydrogen-bond acceptors (Lipinski definition) is 6. The molecule has 21 heavy (non-hydrogen) atoms. The van der Waals surface area contributed by atoms with Crippen molar-refractivity contribution in [2.45, 2.75) is 33.2 Å². The number of amidine groups is 1. The normalized spacial score (nSPS) is 13.3. The number of hydrogen-bond donors (Lipinski definition) is 2. The van der Waals surface area contributed by atoms with Crippen molar-refractivity contribution in [3.63, 3.8) is 0 Å². The molecular formula is C13H21N5O3. The zero-order valence-electron chi connectivity index (χ0n) is 12.6. The Hall–Kier alpha value is -2.38. The Labute approximate surface area is 123 Å². The Morgan fingerprint density at radius 3 is 2.67 bits per heavy atom. The number of aromatic nitrogens is 1. The van der Waals surface area contributed by atoms with Crippen molar-refractivity contribution in [3.8, 4) is 0 Å². The molecule has 0 bridgehead atoms. The van der Waals surface area contributed by atoms with Crippen LogP contribution in [0.15, 0.2) is 17.4 Å². The van der Waals surface area contributed by atoms with Crippen LogP contribution in [0.3, 0.4) is 0 Å². The SMILES string of the molecule is CC(C)CC(C)N(C)c1ncc([N+](=O)[O-])cc1C(N)=NO. The molecule has 8 nitrogen and oxygen atoms in total. The molecule has 0 saturated carbocycles. The predicted octanol–water partition coefficient (Wildman–Crippen LogP) is 1.96. The van der Waals surface area contributed by atoms with E-state index in [1.807, 2.05) is 18.9 Å². The molecule has 1 heterocycles. The van der Waals surface area contributed by atoms with Crippen LogP contribution < -0.4 is 10.6 Å². The molecule has 1 atom stereocenters. The Morgan fingerprint density at radius 2 is 2.19 bits per heavy atom. The fourth-order valence-electron chi connectivity index (χ4n) is 2.12. The van der Waals surface area contributed by atoms with E-state index >= 15 is 0 Å². The third kappa shape index (κ3) is 4.04. The standard InChI is InChI=1S/C13H21N5O3/c1-8(2)5-9(3)17(4)13-11(12(14)16-19)6-10(7-15-13)18(20)21/h6-9,19H,5H2,1-4H3,(H2,14,16). The molecule has 116 valence electrons. The zero-order chi connectivity index (χ0) is 16.2. The van der Waals surface area contributed by atoms with Crippen molar-refractivity contribution >= 4 is 17.3 Å². The Balaban J connectivity index is 3.25. The van der Waals surface area contributed by atoms with Crippen LogP contribution in [0.4, 0.5) is 11.5 Å². The summed E-state index contributed by atoms with van der Waals surface area (Å²) in [7, 11) is 1.83. The molecule has 3 N–H and O–H groups in total. The maximum atomic E-state index is 10.8. The van der Waals surface area contributed by atoms with E-state index in [9.17, 15) is 10.1 Å². The van der Waals surface area contributed by atoms with Gasteiger partial charge in [-0.15, -0.1) is 0 Å². The molecule has 0 radical (unpaired) electrons. The van der Waals surface area contributed by atoms with Crippen molar-refractivity contribution in [1.82, 2.24) is 4.98 Å². The molecule has 1 aromatic heterocycles. The summed E-state index contributed by atoms with van der Waals surface area (Å²) in [5.41, 5.74) is 5.65. The summed E-state index contributed by atoms with van der Waals surface area (Å²) < 4.78 is 0. The molecule has 0 aliphatic rings. The van der Waals surface area contributed by atoms with Crippen LogP contribution in [0, 0.1) is 16.0 Å². The molecule has 0 aliphatic carbocycles. The first-order valence-electron chi connectivity index (χ1n) is 6.63. The van der Waals surface area contributed by atoms with Gasteiger partial charge in [0.25, 0.3) is 5.69 Å². The van der Waals surface area contributed by atoms with E-state index in [-0.39, 0.29) is 23.1 Å². The van der Waals surface area contributed by atoms with E-state index in [0.29, 0.717) is 11.7 Å². The molecular weight excluding hydrogens is 274 g/mol. The van der Waals surface area contributed by atoms with Crippen LogP contribution in [0.2, 0.25) is 0 Å². The second-order valence-electron chi connectivity index (χ2n) is 5.40. The van der Waals surface area contributed by atoms with Crippen molar-refractivity contribution in [3.05, 3.63) is 27.9 Å². The first kappa shape index (κ1) is 16.7. The minimum absolute atomic E-state index is 0.157. The van der Waals surface area contributed by atoms with Gasteiger partial charge in [0.2, 0.25) is 0 Å². The topological polar surface area (TPSA) is 118 Å². The highest BCUT2D eigenvalue weighted by Gasteiger charge is 2.21. The molecule has 0 saturated heterocycles. The van der Waals surface area contributed by atoms with Gasteiger partial charge in [-0.25, -0.2) is 4.98 Å². The highest BCUT2D eigenvalue weighted by molar-refractivity contribution is 6.01. The van der Waals surface area contributed by atoms with Gasteiger partial charge in [0, 0.05) is 19.2 Å². The third-order valence-corrected chi connectivity index (χ3v) is 3.25. The van der Waals surface area contributed by atoms with Crippen LogP contribution in [0.5, 0.6) is 0 Å². The fourth-order valence-corrected chi connectivity index (χ4v) is 2.12. The summed E-state index contributed by atoms with van der Waals surface area (Å²) in [6.45, 7) is 6.25. The number of nitrogens with zero attached hydrogens (tertiary/aromatic N) is 4. The molecule has 1 rings (SSSR count). The lowest BCUT2D eigenvalue weighted by molar-refractivity contribution is -0.385. The smallest absolute Gasteiger partial charge is 0.288 e. The van der Waals surface area contributed by atoms with Crippen LogP contribution >= 0.6 is 0 Å². The van der Waals surface area contributed by atoms with Gasteiger partial charge in [-0.2, -0.15) is 0 Å². The molecule has 8 heteroatoms. The number of anilines is 1. The van der Waals surface area contributed by atoms with Gasteiger partial charge in [-0.05, 0) is 19.3 Å². The number of nitro groups is 1. The van der Waals surface area contributed by atoms with Crippen LogP contribution in [-0.2, 0) is 0 Å². The summed E-state index contributed by atoms with van der Waals surface area (Å²) >= 11 is 0. The van der Waals surface area contributed by atoms with E-state index < -0.39 is 4.92 Å². The fraction of sp³-hybridized carbons (Fsp3) is 0.538. The predicted molar refractivity (Wildman–Crippen MR) is 80.7 cm³/mol. The summed E-state index contributed by atoms with van der Waals surface area (Å²) in [5.74, 6) is 0.738. The molecule has 0 fully saturated rings. The quantitative estimate of drug-likeness (QED) is 0.272. The van der Waals surface area contributed by atoms with E-state index in [1.165, 1.54) is 12.3 Å². The summed E-state index contributed by atoms with van der Waals surface area (Å²) in [6.07, 6.45) is 2.09. The lowest BCUT2D eigenvalue weighted by atomic mass is 10.0. The van der Waals surface area contributed by atoms with Crippen LogP contribution in [-0.4, -0.2) is 34.0 Å². The minimum atomic E-state index is -0.567. The van der Waals surface area contributed by atoms with Gasteiger partial charge in [-0.1, -0.05) is 19.0 Å². The van der Waals surface area contributed by atoms with Gasteiger partial charge in [0.15, 0.2) is 5.84 Å². The Bertz CT molecular complexity index is 545. The van der Waals surface area contributed by atoms with Gasteiger partial charge in [0.1, 0.15) is 12.0 Å².